The van der Waals surface area contributed by atoms with Crippen molar-refractivity contribution in [3.63, 3.8) is 0 Å². The SMILES string of the molecule is C/C(=N/NC(=O)CSCc1cccc(Br)c1)c1cc(O)ccc1O. The van der Waals surface area contributed by atoms with Crippen LogP contribution in [0.15, 0.2) is 52.0 Å². The van der Waals surface area contributed by atoms with E-state index in [1.807, 2.05) is 24.3 Å². The van der Waals surface area contributed by atoms with E-state index in [1.165, 1.54) is 30.0 Å². The van der Waals surface area contributed by atoms with E-state index in [2.05, 4.69) is 26.5 Å². The van der Waals surface area contributed by atoms with Crippen LogP contribution in [0.1, 0.15) is 18.1 Å². The summed E-state index contributed by atoms with van der Waals surface area (Å²) in [5.41, 5.74) is 4.37. The first-order valence-corrected chi connectivity index (χ1v) is 9.08. The summed E-state index contributed by atoms with van der Waals surface area (Å²) in [4.78, 5) is 11.8. The number of phenols is 2. The van der Waals surface area contributed by atoms with Crippen molar-refractivity contribution in [2.24, 2.45) is 5.10 Å². The molecule has 0 aliphatic carbocycles. The fraction of sp³-hybridized carbons (Fsp3) is 0.176. The van der Waals surface area contributed by atoms with Crippen LogP contribution in [-0.4, -0.2) is 27.6 Å². The van der Waals surface area contributed by atoms with Gasteiger partial charge in [0.2, 0.25) is 5.91 Å². The molecule has 0 bridgehead atoms. The smallest absolute Gasteiger partial charge is 0.250 e. The molecule has 0 unspecified atom stereocenters. The van der Waals surface area contributed by atoms with E-state index in [0.29, 0.717) is 11.3 Å². The van der Waals surface area contributed by atoms with Gasteiger partial charge < -0.3 is 10.2 Å². The van der Waals surface area contributed by atoms with E-state index >= 15 is 0 Å². The van der Waals surface area contributed by atoms with Crippen molar-refractivity contribution in [2.75, 3.05) is 5.75 Å². The number of phenolic OH excluding ortho intramolecular Hbond substituents is 2. The lowest BCUT2D eigenvalue weighted by atomic mass is 10.1. The average Bonchev–Trinajstić information content (AvgIpc) is 2.55. The fourth-order valence-electron chi connectivity index (χ4n) is 1.94. The Morgan fingerprint density at radius 1 is 1.25 bits per heavy atom. The topological polar surface area (TPSA) is 81.9 Å². The zero-order chi connectivity index (χ0) is 17.5. The molecule has 0 spiro atoms. The third kappa shape index (κ3) is 5.58. The number of nitrogens with zero attached hydrogens (tertiary/aromatic N) is 1. The second-order valence-electron chi connectivity index (χ2n) is 5.06. The molecule has 0 heterocycles. The summed E-state index contributed by atoms with van der Waals surface area (Å²) in [5.74, 6) is 0.785. The Labute approximate surface area is 152 Å². The molecule has 0 atom stereocenters. The minimum Gasteiger partial charge on any atom is -0.508 e. The van der Waals surface area contributed by atoms with Crippen LogP contribution in [0, 0.1) is 0 Å². The third-order valence-electron chi connectivity index (χ3n) is 3.11. The minimum atomic E-state index is -0.228. The maximum Gasteiger partial charge on any atom is 0.250 e. The van der Waals surface area contributed by atoms with E-state index in [1.54, 1.807) is 6.92 Å². The molecule has 5 nitrogen and oxygen atoms in total. The number of hydrogen-bond donors (Lipinski definition) is 3. The number of nitrogens with one attached hydrogen (secondary N) is 1. The van der Waals surface area contributed by atoms with Crippen LogP contribution in [0.5, 0.6) is 11.5 Å². The molecule has 2 aromatic carbocycles. The molecule has 0 saturated heterocycles. The van der Waals surface area contributed by atoms with Crippen molar-refractivity contribution < 1.29 is 15.0 Å². The summed E-state index contributed by atoms with van der Waals surface area (Å²) in [6.07, 6.45) is 0. The number of hydrogen-bond acceptors (Lipinski definition) is 5. The van der Waals surface area contributed by atoms with Gasteiger partial charge in [-0.2, -0.15) is 5.10 Å². The van der Waals surface area contributed by atoms with Gasteiger partial charge in [0.25, 0.3) is 0 Å². The first-order chi connectivity index (χ1) is 11.5. The molecule has 0 aliphatic rings. The maximum absolute atomic E-state index is 11.8. The zero-order valence-electron chi connectivity index (χ0n) is 13.0. The quantitative estimate of drug-likeness (QED) is 0.387. The number of carbonyl (C=O) groups is 1. The highest BCUT2D eigenvalue weighted by Gasteiger charge is 2.07. The summed E-state index contributed by atoms with van der Waals surface area (Å²) < 4.78 is 1.01. The molecule has 0 radical (unpaired) electrons. The van der Waals surface area contributed by atoms with E-state index in [-0.39, 0.29) is 23.2 Å². The lowest BCUT2D eigenvalue weighted by Crippen LogP contribution is -2.21. The first kappa shape index (κ1) is 18.4. The number of carbonyl (C=O) groups excluding carboxylic acids is 1. The standard InChI is InChI=1S/C17H17BrN2O3S/c1-11(15-8-14(21)5-6-16(15)22)19-20-17(23)10-24-9-12-3-2-4-13(18)7-12/h2-8,21-22H,9-10H2,1H3,(H,20,23)/b19-11-. The van der Waals surface area contributed by atoms with Crippen molar-refractivity contribution in [3.05, 3.63) is 58.1 Å². The maximum atomic E-state index is 11.8. The van der Waals surface area contributed by atoms with Gasteiger partial charge in [-0.25, -0.2) is 5.43 Å². The number of rotatable bonds is 6. The van der Waals surface area contributed by atoms with Crippen molar-refractivity contribution in [2.45, 2.75) is 12.7 Å². The van der Waals surface area contributed by atoms with Gasteiger partial charge in [-0.05, 0) is 42.8 Å². The largest absolute Gasteiger partial charge is 0.508 e. The summed E-state index contributed by atoms with van der Waals surface area (Å²) in [6, 6.07) is 12.1. The van der Waals surface area contributed by atoms with E-state index < -0.39 is 0 Å². The minimum absolute atomic E-state index is 0.00710. The predicted molar refractivity (Wildman–Crippen MR) is 100 cm³/mol. The molecule has 126 valence electrons. The van der Waals surface area contributed by atoms with E-state index in [9.17, 15) is 15.0 Å². The molecule has 7 heteroatoms. The molecule has 24 heavy (non-hydrogen) atoms. The predicted octanol–water partition coefficient (Wildman–Crippen LogP) is 3.63. The van der Waals surface area contributed by atoms with Gasteiger partial charge in [0.1, 0.15) is 11.5 Å². The molecule has 0 saturated carbocycles. The molecule has 0 fully saturated rings. The Morgan fingerprint density at radius 3 is 2.79 bits per heavy atom. The van der Waals surface area contributed by atoms with Crippen molar-refractivity contribution in [1.82, 2.24) is 5.43 Å². The average molecular weight is 409 g/mol. The lowest BCUT2D eigenvalue weighted by Gasteiger charge is -2.06. The summed E-state index contributed by atoms with van der Waals surface area (Å²) in [7, 11) is 0. The molecular weight excluding hydrogens is 392 g/mol. The third-order valence-corrected chi connectivity index (χ3v) is 4.61. The molecule has 2 aromatic rings. The molecule has 1 amide bonds. The van der Waals surface area contributed by atoms with Gasteiger partial charge in [-0.15, -0.1) is 11.8 Å². The van der Waals surface area contributed by atoms with Gasteiger partial charge in [-0.3, -0.25) is 4.79 Å². The van der Waals surface area contributed by atoms with Gasteiger partial charge in [0.05, 0.1) is 11.5 Å². The number of thioether (sulfide) groups is 1. The van der Waals surface area contributed by atoms with Crippen molar-refractivity contribution >= 4 is 39.3 Å². The second kappa shape index (κ2) is 8.75. The number of halogens is 1. The van der Waals surface area contributed by atoms with Crippen LogP contribution < -0.4 is 5.43 Å². The van der Waals surface area contributed by atoms with Crippen molar-refractivity contribution in [1.29, 1.82) is 0 Å². The fourth-order valence-corrected chi connectivity index (χ4v) is 3.15. The van der Waals surface area contributed by atoms with Crippen LogP contribution in [0.4, 0.5) is 0 Å². The lowest BCUT2D eigenvalue weighted by molar-refractivity contribution is -0.118. The highest BCUT2D eigenvalue weighted by Crippen LogP contribution is 2.22. The molecule has 0 aromatic heterocycles. The van der Waals surface area contributed by atoms with Gasteiger partial charge in [-0.1, -0.05) is 28.1 Å². The van der Waals surface area contributed by atoms with E-state index in [0.717, 1.165) is 15.8 Å². The Morgan fingerprint density at radius 2 is 2.04 bits per heavy atom. The molecular formula is C17H17BrN2O3S. The highest BCUT2D eigenvalue weighted by molar-refractivity contribution is 9.10. The number of aromatic hydroxyl groups is 2. The van der Waals surface area contributed by atoms with Crippen LogP contribution in [0.25, 0.3) is 0 Å². The zero-order valence-corrected chi connectivity index (χ0v) is 15.4. The highest BCUT2D eigenvalue weighted by atomic mass is 79.9. The number of amides is 1. The second-order valence-corrected chi connectivity index (χ2v) is 6.96. The Hall–Kier alpha value is -1.99. The summed E-state index contributed by atoms with van der Waals surface area (Å²) in [5, 5.41) is 23.2. The first-order valence-electron chi connectivity index (χ1n) is 7.13. The van der Waals surface area contributed by atoms with Gasteiger partial charge in [0, 0.05) is 15.8 Å². The Bertz CT molecular complexity index is 765. The van der Waals surface area contributed by atoms with Crippen LogP contribution in [0.3, 0.4) is 0 Å². The number of benzene rings is 2. The van der Waals surface area contributed by atoms with E-state index in [4.69, 9.17) is 0 Å². The summed E-state index contributed by atoms with van der Waals surface area (Å²) in [6.45, 7) is 1.64. The molecule has 3 N–H and O–H groups in total. The number of hydrazone groups is 1. The summed E-state index contributed by atoms with van der Waals surface area (Å²) >= 11 is 4.90. The van der Waals surface area contributed by atoms with Crippen LogP contribution in [-0.2, 0) is 10.5 Å². The van der Waals surface area contributed by atoms with Crippen LogP contribution >= 0.6 is 27.7 Å². The Balaban J connectivity index is 1.84. The van der Waals surface area contributed by atoms with Crippen molar-refractivity contribution in [3.8, 4) is 11.5 Å². The van der Waals surface area contributed by atoms with Gasteiger partial charge >= 0.3 is 0 Å². The normalized spacial score (nSPS) is 11.3. The molecule has 0 aliphatic heterocycles. The molecule has 2 rings (SSSR count). The monoisotopic (exact) mass is 408 g/mol. The van der Waals surface area contributed by atoms with Gasteiger partial charge in [0.15, 0.2) is 0 Å². The Kier molecular flexibility index (Phi) is 6.69. The van der Waals surface area contributed by atoms with Crippen LogP contribution in [0.2, 0.25) is 0 Å².